The van der Waals surface area contributed by atoms with Crippen molar-refractivity contribution in [1.29, 1.82) is 0 Å². The van der Waals surface area contributed by atoms with E-state index in [1.54, 1.807) is 0 Å². The topological polar surface area (TPSA) is 33.1 Å². The molecule has 0 spiro atoms. The highest BCUT2D eigenvalue weighted by molar-refractivity contribution is 5.29. The van der Waals surface area contributed by atoms with E-state index in [-0.39, 0.29) is 6.10 Å². The van der Waals surface area contributed by atoms with Crippen LogP contribution in [0, 0.1) is 11.8 Å². The highest BCUT2D eigenvalue weighted by Crippen LogP contribution is 2.42. The summed E-state index contributed by atoms with van der Waals surface area (Å²) in [5, 5.41) is 10.6. The lowest BCUT2D eigenvalue weighted by molar-refractivity contribution is 0.0801. The van der Waals surface area contributed by atoms with Crippen LogP contribution in [-0.2, 0) is 6.42 Å². The number of aromatic nitrogens is 1. The molecular formula is C15H21NO. The number of aliphatic hydroxyl groups excluding tert-OH is 1. The Morgan fingerprint density at radius 3 is 3.00 bits per heavy atom. The van der Waals surface area contributed by atoms with E-state index >= 15 is 0 Å². The Morgan fingerprint density at radius 2 is 2.24 bits per heavy atom. The fourth-order valence-electron chi connectivity index (χ4n) is 3.67. The van der Waals surface area contributed by atoms with Crippen LogP contribution in [0.2, 0.25) is 0 Å². The number of rotatable bonds is 2. The molecule has 2 nitrogen and oxygen atoms in total. The summed E-state index contributed by atoms with van der Waals surface area (Å²) in [6.45, 7) is 2.30. The smallest absolute Gasteiger partial charge is 0.0652 e. The highest BCUT2D eigenvalue weighted by atomic mass is 16.3. The number of aryl methyl sites for hydroxylation is 1. The van der Waals surface area contributed by atoms with Gasteiger partial charge in [-0.05, 0) is 49.1 Å². The van der Waals surface area contributed by atoms with Crippen LogP contribution in [-0.4, -0.2) is 16.2 Å². The molecule has 1 fully saturated rings. The van der Waals surface area contributed by atoms with Gasteiger partial charge in [0, 0.05) is 17.8 Å². The summed E-state index contributed by atoms with van der Waals surface area (Å²) in [5.74, 6) is 1.59. The zero-order chi connectivity index (χ0) is 11.8. The summed E-state index contributed by atoms with van der Waals surface area (Å²) in [6, 6.07) is 4.16. The number of fused-ring (bicyclic) bond motifs is 1. The molecule has 0 aromatic carbocycles. The Bertz CT molecular complexity index is 404. The molecular weight excluding hydrogens is 210 g/mol. The molecule has 0 radical (unpaired) electrons. The molecule has 1 saturated carbocycles. The number of pyridine rings is 1. The van der Waals surface area contributed by atoms with Crippen molar-refractivity contribution < 1.29 is 5.11 Å². The quantitative estimate of drug-likeness (QED) is 0.849. The SMILES string of the molecule is CC1CCC(C(O)C2CCc3cccnc32)C1. The second-order valence-electron chi connectivity index (χ2n) is 5.86. The summed E-state index contributed by atoms with van der Waals surface area (Å²) < 4.78 is 0. The molecule has 2 aliphatic carbocycles. The van der Waals surface area contributed by atoms with Gasteiger partial charge >= 0.3 is 0 Å². The molecule has 1 heterocycles. The van der Waals surface area contributed by atoms with E-state index in [2.05, 4.69) is 18.0 Å². The van der Waals surface area contributed by atoms with Crippen LogP contribution in [0.1, 0.15) is 49.8 Å². The van der Waals surface area contributed by atoms with Crippen molar-refractivity contribution in [1.82, 2.24) is 4.98 Å². The van der Waals surface area contributed by atoms with Gasteiger partial charge in [0.05, 0.1) is 6.10 Å². The zero-order valence-corrected chi connectivity index (χ0v) is 10.5. The second-order valence-corrected chi connectivity index (χ2v) is 5.86. The Balaban J connectivity index is 1.78. The standard InChI is InChI=1S/C15H21NO/c1-10-4-5-12(9-10)15(17)13-7-6-11-3-2-8-16-14(11)13/h2-3,8,10,12-13,15,17H,4-7,9H2,1H3. The van der Waals surface area contributed by atoms with E-state index in [9.17, 15) is 5.11 Å². The van der Waals surface area contributed by atoms with Gasteiger partial charge in [-0.3, -0.25) is 4.98 Å². The molecule has 4 unspecified atom stereocenters. The van der Waals surface area contributed by atoms with Crippen LogP contribution in [0.25, 0.3) is 0 Å². The largest absolute Gasteiger partial charge is 0.392 e. The van der Waals surface area contributed by atoms with Crippen LogP contribution in [0.15, 0.2) is 18.3 Å². The third-order valence-corrected chi connectivity index (χ3v) is 4.63. The molecule has 3 rings (SSSR count). The number of hydrogen-bond acceptors (Lipinski definition) is 2. The van der Waals surface area contributed by atoms with Gasteiger partial charge in [-0.2, -0.15) is 0 Å². The van der Waals surface area contributed by atoms with Crippen LogP contribution >= 0.6 is 0 Å². The summed E-state index contributed by atoms with van der Waals surface area (Å²) in [6.07, 6.45) is 7.54. The minimum absolute atomic E-state index is 0.170. The molecule has 1 aromatic rings. The maximum absolute atomic E-state index is 10.6. The summed E-state index contributed by atoms with van der Waals surface area (Å²) in [4.78, 5) is 4.49. The van der Waals surface area contributed by atoms with E-state index in [1.165, 1.54) is 30.5 Å². The molecule has 0 amide bonds. The van der Waals surface area contributed by atoms with E-state index < -0.39 is 0 Å². The van der Waals surface area contributed by atoms with Crippen LogP contribution < -0.4 is 0 Å². The summed E-state index contributed by atoms with van der Waals surface area (Å²) >= 11 is 0. The summed E-state index contributed by atoms with van der Waals surface area (Å²) in [7, 11) is 0. The minimum atomic E-state index is -0.170. The Kier molecular flexibility index (Phi) is 2.91. The maximum atomic E-state index is 10.6. The van der Waals surface area contributed by atoms with Gasteiger partial charge in [0.1, 0.15) is 0 Å². The van der Waals surface area contributed by atoms with Crippen molar-refractivity contribution in [3.63, 3.8) is 0 Å². The van der Waals surface area contributed by atoms with Gasteiger partial charge in [0.2, 0.25) is 0 Å². The van der Waals surface area contributed by atoms with Crippen LogP contribution in [0.4, 0.5) is 0 Å². The maximum Gasteiger partial charge on any atom is 0.0652 e. The van der Waals surface area contributed by atoms with Gasteiger partial charge < -0.3 is 5.11 Å². The van der Waals surface area contributed by atoms with E-state index in [1.807, 2.05) is 12.3 Å². The van der Waals surface area contributed by atoms with E-state index in [0.29, 0.717) is 11.8 Å². The molecule has 1 aromatic heterocycles. The molecule has 92 valence electrons. The fraction of sp³-hybridized carbons (Fsp3) is 0.667. The second kappa shape index (κ2) is 4.41. The lowest BCUT2D eigenvalue weighted by Crippen LogP contribution is -2.25. The van der Waals surface area contributed by atoms with Gasteiger partial charge in [0.25, 0.3) is 0 Å². The predicted molar refractivity (Wildman–Crippen MR) is 67.8 cm³/mol. The average molecular weight is 231 g/mol. The molecule has 4 atom stereocenters. The molecule has 0 bridgehead atoms. The van der Waals surface area contributed by atoms with Crippen molar-refractivity contribution in [2.75, 3.05) is 0 Å². The number of nitrogens with zero attached hydrogens (tertiary/aromatic N) is 1. The molecule has 2 aliphatic rings. The van der Waals surface area contributed by atoms with Crippen molar-refractivity contribution >= 4 is 0 Å². The van der Waals surface area contributed by atoms with Gasteiger partial charge in [0.15, 0.2) is 0 Å². The first-order valence-corrected chi connectivity index (χ1v) is 6.87. The van der Waals surface area contributed by atoms with Crippen molar-refractivity contribution in [2.24, 2.45) is 11.8 Å². The van der Waals surface area contributed by atoms with E-state index in [4.69, 9.17) is 0 Å². The first-order chi connectivity index (χ1) is 8.25. The third-order valence-electron chi connectivity index (χ3n) is 4.63. The van der Waals surface area contributed by atoms with Gasteiger partial charge in [-0.15, -0.1) is 0 Å². The molecule has 0 saturated heterocycles. The highest BCUT2D eigenvalue weighted by Gasteiger charge is 2.36. The zero-order valence-electron chi connectivity index (χ0n) is 10.5. The van der Waals surface area contributed by atoms with Crippen molar-refractivity contribution in [3.05, 3.63) is 29.6 Å². The fourth-order valence-corrected chi connectivity index (χ4v) is 3.67. The van der Waals surface area contributed by atoms with Crippen LogP contribution in [0.3, 0.4) is 0 Å². The van der Waals surface area contributed by atoms with Crippen LogP contribution in [0.5, 0.6) is 0 Å². The van der Waals surface area contributed by atoms with E-state index in [0.717, 1.165) is 18.8 Å². The average Bonchev–Trinajstić information content (AvgIpc) is 2.94. The Labute approximate surface area is 103 Å². The third kappa shape index (κ3) is 1.99. The normalized spacial score (nSPS) is 33.6. The molecule has 17 heavy (non-hydrogen) atoms. The Morgan fingerprint density at radius 1 is 1.35 bits per heavy atom. The minimum Gasteiger partial charge on any atom is -0.392 e. The molecule has 0 aliphatic heterocycles. The number of aliphatic hydroxyl groups is 1. The van der Waals surface area contributed by atoms with Crippen molar-refractivity contribution in [2.45, 2.75) is 51.0 Å². The molecule has 1 N–H and O–H groups in total. The van der Waals surface area contributed by atoms with Gasteiger partial charge in [-0.25, -0.2) is 0 Å². The predicted octanol–water partition coefficient (Wildman–Crippen LogP) is 2.91. The summed E-state index contributed by atoms with van der Waals surface area (Å²) in [5.41, 5.74) is 2.52. The first-order valence-electron chi connectivity index (χ1n) is 6.87. The number of hydrogen-bond donors (Lipinski definition) is 1. The lowest BCUT2D eigenvalue weighted by Gasteiger charge is -2.24. The lowest BCUT2D eigenvalue weighted by atomic mass is 9.87. The molecule has 2 heteroatoms. The van der Waals surface area contributed by atoms with Crippen molar-refractivity contribution in [3.8, 4) is 0 Å². The first kappa shape index (κ1) is 11.2. The monoisotopic (exact) mass is 231 g/mol. The van der Waals surface area contributed by atoms with Gasteiger partial charge in [-0.1, -0.05) is 19.4 Å². The Hall–Kier alpha value is -0.890.